The first kappa shape index (κ1) is 12.4. The molecule has 0 bridgehead atoms. The van der Waals surface area contributed by atoms with E-state index in [9.17, 15) is 4.79 Å². The molecule has 1 saturated carbocycles. The molecular formula is C14H20N4O. The zero-order valence-corrected chi connectivity index (χ0v) is 11.0. The Morgan fingerprint density at radius 3 is 2.89 bits per heavy atom. The molecule has 1 aliphatic heterocycles. The third-order valence-corrected chi connectivity index (χ3v) is 4.33. The van der Waals surface area contributed by atoms with E-state index in [1.165, 1.54) is 0 Å². The number of rotatable bonds is 4. The van der Waals surface area contributed by atoms with Crippen LogP contribution in [-0.4, -0.2) is 23.9 Å². The standard InChI is InChI=1S/C14H20N4O/c15-10-3-5-18-11(12(10)16)7-14(4-6-17-8-14)13(19)9-1-2-9/h3,5,9,17H,1-2,4,6-8,16H2,(H2,15,18)/t14-/m0/s1. The molecule has 5 heteroatoms. The summed E-state index contributed by atoms with van der Waals surface area (Å²) in [6.45, 7) is 1.62. The van der Waals surface area contributed by atoms with E-state index < -0.39 is 0 Å². The number of Topliss-reactive ketones (excluding diaryl/α,β-unsaturated/α-hetero) is 1. The average molecular weight is 260 g/mol. The maximum Gasteiger partial charge on any atom is 0.143 e. The fourth-order valence-electron chi connectivity index (χ4n) is 2.97. The maximum absolute atomic E-state index is 12.6. The van der Waals surface area contributed by atoms with Crippen molar-refractivity contribution in [3.63, 3.8) is 0 Å². The van der Waals surface area contributed by atoms with Crippen molar-refractivity contribution in [3.8, 4) is 0 Å². The lowest BCUT2D eigenvalue weighted by Crippen LogP contribution is -2.37. The maximum atomic E-state index is 12.6. The van der Waals surface area contributed by atoms with Crippen molar-refractivity contribution < 1.29 is 4.79 Å². The van der Waals surface area contributed by atoms with E-state index in [2.05, 4.69) is 10.3 Å². The van der Waals surface area contributed by atoms with Crippen molar-refractivity contribution in [2.45, 2.75) is 25.7 Å². The van der Waals surface area contributed by atoms with Crippen LogP contribution in [0.15, 0.2) is 12.3 Å². The molecule has 2 fully saturated rings. The summed E-state index contributed by atoms with van der Waals surface area (Å²) >= 11 is 0. The Bertz CT molecular complexity index is 504. The van der Waals surface area contributed by atoms with Crippen LogP contribution >= 0.6 is 0 Å². The van der Waals surface area contributed by atoms with Crippen molar-refractivity contribution in [1.29, 1.82) is 0 Å². The van der Waals surface area contributed by atoms with Gasteiger partial charge in [-0.1, -0.05) is 0 Å². The summed E-state index contributed by atoms with van der Waals surface area (Å²) in [5.74, 6) is 0.656. The fraction of sp³-hybridized carbons (Fsp3) is 0.571. The second-order valence-corrected chi connectivity index (χ2v) is 5.78. The van der Waals surface area contributed by atoms with Gasteiger partial charge in [0.25, 0.3) is 0 Å². The quantitative estimate of drug-likeness (QED) is 0.742. The third-order valence-electron chi connectivity index (χ3n) is 4.33. The van der Waals surface area contributed by atoms with Gasteiger partial charge in [0.2, 0.25) is 0 Å². The Kier molecular flexibility index (Phi) is 2.93. The van der Waals surface area contributed by atoms with Gasteiger partial charge in [-0.25, -0.2) is 0 Å². The van der Waals surface area contributed by atoms with Gasteiger partial charge < -0.3 is 16.8 Å². The average Bonchev–Trinajstić information content (AvgIpc) is 3.14. The highest BCUT2D eigenvalue weighted by molar-refractivity contribution is 5.90. The summed E-state index contributed by atoms with van der Waals surface area (Å²) in [6, 6.07) is 1.70. The molecule has 0 amide bonds. The van der Waals surface area contributed by atoms with Gasteiger partial charge in [0, 0.05) is 30.5 Å². The first-order valence-electron chi connectivity index (χ1n) is 6.86. The first-order chi connectivity index (χ1) is 9.12. The van der Waals surface area contributed by atoms with Crippen molar-refractivity contribution >= 4 is 17.2 Å². The number of hydrogen-bond donors (Lipinski definition) is 3. The molecule has 1 atom stereocenters. The van der Waals surface area contributed by atoms with Crippen LogP contribution in [0, 0.1) is 11.3 Å². The van der Waals surface area contributed by atoms with Gasteiger partial charge in [0.1, 0.15) is 5.78 Å². The zero-order valence-electron chi connectivity index (χ0n) is 11.0. The van der Waals surface area contributed by atoms with E-state index >= 15 is 0 Å². The number of anilines is 2. The molecule has 102 valence electrons. The topological polar surface area (TPSA) is 94.0 Å². The van der Waals surface area contributed by atoms with Crippen LogP contribution in [0.4, 0.5) is 11.4 Å². The van der Waals surface area contributed by atoms with Gasteiger partial charge in [-0.2, -0.15) is 0 Å². The lowest BCUT2D eigenvalue weighted by Gasteiger charge is -2.27. The Hall–Kier alpha value is -1.62. The summed E-state index contributed by atoms with van der Waals surface area (Å²) in [6.07, 6.45) is 5.23. The normalized spacial score (nSPS) is 26.5. The van der Waals surface area contributed by atoms with E-state index in [1.807, 2.05) is 0 Å². The molecule has 0 unspecified atom stereocenters. The van der Waals surface area contributed by atoms with E-state index in [4.69, 9.17) is 11.5 Å². The van der Waals surface area contributed by atoms with E-state index in [0.717, 1.165) is 38.0 Å². The van der Waals surface area contributed by atoms with E-state index in [0.29, 0.717) is 23.6 Å². The van der Waals surface area contributed by atoms with Gasteiger partial charge in [-0.15, -0.1) is 0 Å². The molecule has 3 rings (SSSR count). The highest BCUT2D eigenvalue weighted by Gasteiger charge is 2.47. The highest BCUT2D eigenvalue weighted by Crippen LogP contribution is 2.42. The van der Waals surface area contributed by atoms with Crippen LogP contribution in [0.3, 0.4) is 0 Å². The molecular weight excluding hydrogens is 240 g/mol. The molecule has 19 heavy (non-hydrogen) atoms. The number of ketones is 1. The number of pyridine rings is 1. The predicted molar refractivity (Wildman–Crippen MR) is 74.4 cm³/mol. The lowest BCUT2D eigenvalue weighted by atomic mass is 9.76. The Morgan fingerprint density at radius 2 is 2.26 bits per heavy atom. The van der Waals surface area contributed by atoms with Gasteiger partial charge in [-0.3, -0.25) is 9.78 Å². The number of nitrogens with two attached hydrogens (primary N) is 2. The summed E-state index contributed by atoms with van der Waals surface area (Å²) in [5, 5.41) is 3.31. The lowest BCUT2D eigenvalue weighted by molar-refractivity contribution is -0.129. The molecule has 2 heterocycles. The third kappa shape index (κ3) is 2.18. The molecule has 1 aliphatic carbocycles. The van der Waals surface area contributed by atoms with Gasteiger partial charge in [0.15, 0.2) is 0 Å². The smallest absolute Gasteiger partial charge is 0.143 e. The summed E-state index contributed by atoms with van der Waals surface area (Å²) in [7, 11) is 0. The molecule has 1 saturated heterocycles. The van der Waals surface area contributed by atoms with Crippen molar-refractivity contribution in [3.05, 3.63) is 18.0 Å². The van der Waals surface area contributed by atoms with Crippen LogP contribution < -0.4 is 16.8 Å². The molecule has 0 spiro atoms. The van der Waals surface area contributed by atoms with Crippen LogP contribution in [-0.2, 0) is 11.2 Å². The van der Waals surface area contributed by atoms with Crippen molar-refractivity contribution in [2.24, 2.45) is 11.3 Å². The minimum absolute atomic E-state index is 0.266. The summed E-state index contributed by atoms with van der Waals surface area (Å²) in [5.41, 5.74) is 13.3. The molecule has 1 aromatic rings. The van der Waals surface area contributed by atoms with Gasteiger partial charge in [-0.05, 0) is 31.9 Å². The first-order valence-corrected chi connectivity index (χ1v) is 6.86. The largest absolute Gasteiger partial charge is 0.397 e. The molecule has 0 aromatic carbocycles. The summed E-state index contributed by atoms with van der Waals surface area (Å²) < 4.78 is 0. The highest BCUT2D eigenvalue weighted by atomic mass is 16.1. The van der Waals surface area contributed by atoms with E-state index in [-0.39, 0.29) is 11.3 Å². The zero-order chi connectivity index (χ0) is 13.5. The Morgan fingerprint density at radius 1 is 1.47 bits per heavy atom. The molecule has 0 radical (unpaired) electrons. The number of aromatic nitrogens is 1. The van der Waals surface area contributed by atoms with Crippen LogP contribution in [0.1, 0.15) is 25.0 Å². The molecule has 1 aromatic heterocycles. The molecule has 2 aliphatic rings. The number of carbonyl (C=O) groups is 1. The van der Waals surface area contributed by atoms with Crippen molar-refractivity contribution in [1.82, 2.24) is 10.3 Å². The molecule has 5 N–H and O–H groups in total. The van der Waals surface area contributed by atoms with E-state index in [1.54, 1.807) is 12.3 Å². The van der Waals surface area contributed by atoms with Crippen molar-refractivity contribution in [2.75, 3.05) is 24.6 Å². The number of carbonyl (C=O) groups excluding carboxylic acids is 1. The Labute approximate surface area is 112 Å². The van der Waals surface area contributed by atoms with Crippen LogP contribution in [0.2, 0.25) is 0 Å². The Balaban J connectivity index is 1.89. The molecule has 5 nitrogen and oxygen atoms in total. The minimum atomic E-state index is -0.323. The minimum Gasteiger partial charge on any atom is -0.397 e. The van der Waals surface area contributed by atoms with Crippen LogP contribution in [0.5, 0.6) is 0 Å². The summed E-state index contributed by atoms with van der Waals surface area (Å²) in [4.78, 5) is 16.9. The second-order valence-electron chi connectivity index (χ2n) is 5.78. The monoisotopic (exact) mass is 260 g/mol. The number of hydrogen-bond acceptors (Lipinski definition) is 5. The second kappa shape index (κ2) is 4.49. The van der Waals surface area contributed by atoms with Gasteiger partial charge >= 0.3 is 0 Å². The number of nitrogens with one attached hydrogen (secondary N) is 1. The predicted octanol–water partition coefficient (Wildman–Crippen LogP) is 0.747. The van der Waals surface area contributed by atoms with Gasteiger partial charge in [0.05, 0.1) is 17.1 Å². The fourth-order valence-corrected chi connectivity index (χ4v) is 2.97. The SMILES string of the molecule is Nc1ccnc(C[C@@]2(C(=O)C3CC3)CCNC2)c1N. The number of nitrogen functional groups attached to an aromatic ring is 2. The van der Waals surface area contributed by atoms with Crippen LogP contribution in [0.25, 0.3) is 0 Å². The number of nitrogens with zero attached hydrogens (tertiary/aromatic N) is 1.